The molecule has 1 heterocycles. The van der Waals surface area contributed by atoms with Gasteiger partial charge in [-0.05, 0) is 56.8 Å². The molecule has 0 amide bonds. The average molecular weight is 275 g/mol. The summed E-state index contributed by atoms with van der Waals surface area (Å²) >= 11 is 0. The number of nitrogens with zero attached hydrogens (tertiary/aromatic N) is 1. The first kappa shape index (κ1) is 15.0. The van der Waals surface area contributed by atoms with Crippen molar-refractivity contribution in [1.29, 1.82) is 0 Å². The number of benzene rings is 1. The van der Waals surface area contributed by atoms with Gasteiger partial charge in [-0.3, -0.25) is 9.69 Å². The fourth-order valence-corrected chi connectivity index (χ4v) is 3.00. The van der Waals surface area contributed by atoms with Gasteiger partial charge in [0.1, 0.15) is 5.54 Å². The van der Waals surface area contributed by atoms with Crippen molar-refractivity contribution in [3.05, 3.63) is 35.4 Å². The van der Waals surface area contributed by atoms with Gasteiger partial charge in [-0.2, -0.15) is 0 Å². The van der Waals surface area contributed by atoms with Gasteiger partial charge in [0.05, 0.1) is 0 Å². The van der Waals surface area contributed by atoms with Crippen LogP contribution in [0.15, 0.2) is 24.3 Å². The quantitative estimate of drug-likeness (QED) is 0.918. The molecule has 1 aliphatic heterocycles. The van der Waals surface area contributed by atoms with Gasteiger partial charge in [-0.1, -0.05) is 31.2 Å². The van der Waals surface area contributed by atoms with E-state index in [0.29, 0.717) is 12.3 Å². The molecule has 1 aromatic carbocycles. The van der Waals surface area contributed by atoms with Gasteiger partial charge in [0, 0.05) is 6.42 Å². The topological polar surface area (TPSA) is 40.5 Å². The summed E-state index contributed by atoms with van der Waals surface area (Å²) in [5.41, 5.74) is 1.51. The van der Waals surface area contributed by atoms with Crippen LogP contribution < -0.4 is 0 Å². The van der Waals surface area contributed by atoms with Crippen molar-refractivity contribution in [1.82, 2.24) is 4.90 Å². The van der Waals surface area contributed by atoms with Gasteiger partial charge in [-0.15, -0.1) is 0 Å². The predicted molar refractivity (Wildman–Crippen MR) is 80.9 cm³/mol. The van der Waals surface area contributed by atoms with E-state index in [1.807, 2.05) is 25.1 Å². The van der Waals surface area contributed by atoms with Crippen LogP contribution in [-0.4, -0.2) is 34.6 Å². The number of hydrogen-bond donors (Lipinski definition) is 1. The molecule has 3 nitrogen and oxygen atoms in total. The predicted octanol–water partition coefficient (Wildman–Crippen LogP) is 3.11. The maximum Gasteiger partial charge on any atom is 0.324 e. The molecule has 1 unspecified atom stereocenters. The Bertz CT molecular complexity index is 478. The van der Waals surface area contributed by atoms with Crippen LogP contribution in [-0.2, 0) is 11.2 Å². The van der Waals surface area contributed by atoms with E-state index < -0.39 is 11.5 Å². The SMILES string of the molecule is Cc1ccccc1CC(C)(C(=O)O)N1CCC(C)CC1. The van der Waals surface area contributed by atoms with Crippen LogP contribution >= 0.6 is 0 Å². The second-order valence-electron chi connectivity index (χ2n) is 6.35. The monoisotopic (exact) mass is 275 g/mol. The molecule has 1 aromatic rings. The number of hydrogen-bond acceptors (Lipinski definition) is 2. The molecule has 0 aromatic heterocycles. The molecule has 3 heteroatoms. The lowest BCUT2D eigenvalue weighted by atomic mass is 9.86. The number of rotatable bonds is 4. The minimum atomic E-state index is -0.799. The van der Waals surface area contributed by atoms with Crippen LogP contribution in [0.25, 0.3) is 0 Å². The van der Waals surface area contributed by atoms with Gasteiger partial charge in [0.25, 0.3) is 0 Å². The molecule has 1 atom stereocenters. The molecular weight excluding hydrogens is 250 g/mol. The molecule has 110 valence electrons. The Kier molecular flexibility index (Phi) is 4.48. The summed E-state index contributed by atoms with van der Waals surface area (Å²) in [5.74, 6) is -0.00179. The number of aryl methyl sites for hydroxylation is 1. The summed E-state index contributed by atoms with van der Waals surface area (Å²) in [7, 11) is 0. The van der Waals surface area contributed by atoms with Gasteiger partial charge in [-0.25, -0.2) is 0 Å². The number of carboxylic acids is 1. The van der Waals surface area contributed by atoms with Crippen LogP contribution in [0.1, 0.15) is 37.8 Å². The molecule has 0 aliphatic carbocycles. The van der Waals surface area contributed by atoms with Gasteiger partial charge in [0.15, 0.2) is 0 Å². The highest BCUT2D eigenvalue weighted by atomic mass is 16.4. The van der Waals surface area contributed by atoms with Crippen LogP contribution in [0, 0.1) is 12.8 Å². The van der Waals surface area contributed by atoms with E-state index in [9.17, 15) is 9.90 Å². The molecule has 1 saturated heterocycles. The number of carboxylic acid groups (broad SMARTS) is 1. The van der Waals surface area contributed by atoms with Crippen LogP contribution in [0.5, 0.6) is 0 Å². The van der Waals surface area contributed by atoms with E-state index in [4.69, 9.17) is 0 Å². The summed E-state index contributed by atoms with van der Waals surface area (Å²) in [5, 5.41) is 9.76. The van der Waals surface area contributed by atoms with Crippen molar-refractivity contribution < 1.29 is 9.90 Å². The number of carbonyl (C=O) groups is 1. The lowest BCUT2D eigenvalue weighted by Gasteiger charge is -2.42. The highest BCUT2D eigenvalue weighted by molar-refractivity contribution is 5.78. The summed E-state index contributed by atoms with van der Waals surface area (Å²) in [4.78, 5) is 14.0. The molecule has 1 fully saturated rings. The van der Waals surface area contributed by atoms with Gasteiger partial charge >= 0.3 is 5.97 Å². The molecule has 1 N–H and O–H groups in total. The fraction of sp³-hybridized carbons (Fsp3) is 0.588. The van der Waals surface area contributed by atoms with Crippen LogP contribution in [0.3, 0.4) is 0 Å². The summed E-state index contributed by atoms with van der Waals surface area (Å²) in [6.45, 7) is 7.94. The van der Waals surface area contributed by atoms with Crippen molar-refractivity contribution in [2.24, 2.45) is 5.92 Å². The third-order valence-electron chi connectivity index (χ3n) is 4.74. The Labute approximate surface area is 121 Å². The minimum absolute atomic E-state index is 0.573. The summed E-state index contributed by atoms with van der Waals surface area (Å²) < 4.78 is 0. The molecule has 1 aliphatic rings. The number of aliphatic carboxylic acids is 1. The molecule has 0 saturated carbocycles. The second kappa shape index (κ2) is 5.96. The van der Waals surface area contributed by atoms with E-state index >= 15 is 0 Å². The highest BCUT2D eigenvalue weighted by Gasteiger charge is 2.40. The van der Waals surface area contributed by atoms with E-state index in [2.05, 4.69) is 24.8 Å². The maximum absolute atomic E-state index is 11.9. The molecule has 0 bridgehead atoms. The second-order valence-corrected chi connectivity index (χ2v) is 6.35. The Morgan fingerprint density at radius 3 is 2.50 bits per heavy atom. The van der Waals surface area contributed by atoms with Gasteiger partial charge in [0.2, 0.25) is 0 Å². The maximum atomic E-state index is 11.9. The summed E-state index contributed by atoms with van der Waals surface area (Å²) in [6, 6.07) is 8.08. The zero-order valence-electron chi connectivity index (χ0n) is 12.7. The Morgan fingerprint density at radius 1 is 1.35 bits per heavy atom. The van der Waals surface area contributed by atoms with Crippen molar-refractivity contribution in [2.45, 2.75) is 45.6 Å². The van der Waals surface area contributed by atoms with E-state index in [1.54, 1.807) is 0 Å². The zero-order valence-corrected chi connectivity index (χ0v) is 12.7. The van der Waals surface area contributed by atoms with Crippen molar-refractivity contribution in [2.75, 3.05) is 13.1 Å². The van der Waals surface area contributed by atoms with Crippen molar-refractivity contribution in [3.8, 4) is 0 Å². The molecule has 0 spiro atoms. The van der Waals surface area contributed by atoms with Crippen LogP contribution in [0.2, 0.25) is 0 Å². The van der Waals surface area contributed by atoms with Crippen molar-refractivity contribution in [3.63, 3.8) is 0 Å². The largest absolute Gasteiger partial charge is 0.480 e. The third-order valence-corrected chi connectivity index (χ3v) is 4.74. The molecular formula is C17H25NO2. The number of likely N-dealkylation sites (tertiary alicyclic amines) is 1. The third kappa shape index (κ3) is 3.04. The first-order valence-electron chi connectivity index (χ1n) is 7.46. The first-order chi connectivity index (χ1) is 9.43. The highest BCUT2D eigenvalue weighted by Crippen LogP contribution is 2.28. The summed E-state index contributed by atoms with van der Waals surface area (Å²) in [6.07, 6.45) is 2.76. The lowest BCUT2D eigenvalue weighted by molar-refractivity contribution is -0.151. The Morgan fingerprint density at radius 2 is 1.95 bits per heavy atom. The lowest BCUT2D eigenvalue weighted by Crippen LogP contribution is -2.56. The smallest absolute Gasteiger partial charge is 0.324 e. The zero-order chi connectivity index (χ0) is 14.8. The average Bonchev–Trinajstić information content (AvgIpc) is 2.42. The van der Waals surface area contributed by atoms with E-state index in [-0.39, 0.29) is 0 Å². The van der Waals surface area contributed by atoms with Crippen molar-refractivity contribution >= 4 is 5.97 Å². The number of piperidine rings is 1. The normalized spacial score (nSPS) is 20.6. The minimum Gasteiger partial charge on any atom is -0.480 e. The molecule has 20 heavy (non-hydrogen) atoms. The van der Waals surface area contributed by atoms with Gasteiger partial charge < -0.3 is 5.11 Å². The standard InChI is InChI=1S/C17H25NO2/c1-13-8-10-18(11-9-13)17(3,16(19)20)12-15-7-5-4-6-14(15)2/h4-7,13H,8-12H2,1-3H3,(H,19,20). The van der Waals surface area contributed by atoms with E-state index in [0.717, 1.165) is 31.5 Å². The first-order valence-corrected chi connectivity index (χ1v) is 7.46. The Balaban J connectivity index is 2.22. The fourth-order valence-electron chi connectivity index (χ4n) is 3.00. The molecule has 0 radical (unpaired) electrons. The van der Waals surface area contributed by atoms with Crippen LogP contribution in [0.4, 0.5) is 0 Å². The molecule has 2 rings (SSSR count). The van der Waals surface area contributed by atoms with E-state index in [1.165, 1.54) is 5.56 Å². The Hall–Kier alpha value is -1.35.